The molecule has 236 valence electrons. The molecule has 7 nitrogen and oxygen atoms in total. The second-order valence-electron chi connectivity index (χ2n) is 14.6. The van der Waals surface area contributed by atoms with Crippen LogP contribution >= 0.6 is 0 Å². The average Bonchev–Trinajstić information content (AvgIpc) is 2.97. The first-order valence-electron chi connectivity index (χ1n) is 16.6. The zero-order valence-electron chi connectivity index (χ0n) is 27.2. The highest BCUT2D eigenvalue weighted by Crippen LogP contribution is 2.61. The molecule has 3 aliphatic carbocycles. The summed E-state index contributed by atoms with van der Waals surface area (Å²) in [4.78, 5) is 26.7. The van der Waals surface area contributed by atoms with Gasteiger partial charge in [-0.25, -0.2) is 14.4 Å². The Morgan fingerprint density at radius 1 is 1.16 bits per heavy atom. The van der Waals surface area contributed by atoms with E-state index in [9.17, 15) is 9.18 Å². The van der Waals surface area contributed by atoms with Gasteiger partial charge in [0.1, 0.15) is 11.6 Å². The van der Waals surface area contributed by atoms with E-state index in [-0.39, 0.29) is 11.4 Å². The van der Waals surface area contributed by atoms with Crippen molar-refractivity contribution >= 4 is 22.5 Å². The molecule has 1 aliphatic heterocycles. The van der Waals surface area contributed by atoms with Crippen LogP contribution in [0.4, 0.5) is 10.1 Å². The van der Waals surface area contributed by atoms with Crippen molar-refractivity contribution < 1.29 is 4.39 Å². The first-order chi connectivity index (χ1) is 21.0. The number of hydrogen-bond acceptors (Lipinski definition) is 4. The second-order valence-corrected chi connectivity index (χ2v) is 14.6. The summed E-state index contributed by atoms with van der Waals surface area (Å²) in [6.07, 6.45) is 3.83. The topological polar surface area (TPSA) is 74.6 Å². The van der Waals surface area contributed by atoms with Crippen LogP contribution in [0, 0.1) is 34.9 Å². The Labute approximate surface area is 261 Å². The Hall–Kier alpha value is -3.26. The second kappa shape index (κ2) is 12.3. The molecule has 2 aromatic carbocycles. The van der Waals surface area contributed by atoms with E-state index in [2.05, 4.69) is 57.1 Å². The van der Waals surface area contributed by atoms with E-state index < -0.39 is 0 Å². The van der Waals surface area contributed by atoms with Crippen molar-refractivity contribution in [2.75, 3.05) is 25.0 Å². The SMILES string of the molecule is CC(C)Cc1nc2cc(NC(=NC3CC4CC(C3C)C4(C)C)N3CCNC(C)C3)ccc2c(=O)n1CCc1ccc(F)cc1. The number of nitrogens with zero attached hydrogens (tertiary/aromatic N) is 4. The van der Waals surface area contributed by atoms with Gasteiger partial charge in [-0.05, 0) is 91.2 Å². The number of guanidine groups is 1. The summed E-state index contributed by atoms with van der Waals surface area (Å²) in [7, 11) is 0. The van der Waals surface area contributed by atoms with Crippen LogP contribution in [0.15, 0.2) is 52.3 Å². The van der Waals surface area contributed by atoms with Gasteiger partial charge in [-0.1, -0.05) is 46.8 Å². The number of aryl methyl sites for hydroxylation is 1. The Kier molecular flexibility index (Phi) is 8.57. The molecular formula is C36H49FN6O. The number of rotatable bonds is 7. The predicted molar refractivity (Wildman–Crippen MR) is 178 cm³/mol. The monoisotopic (exact) mass is 600 g/mol. The molecule has 7 rings (SSSR count). The van der Waals surface area contributed by atoms with Crippen LogP contribution < -0.4 is 16.2 Å². The number of hydrogen-bond donors (Lipinski definition) is 2. The minimum atomic E-state index is -0.253. The largest absolute Gasteiger partial charge is 0.340 e. The Bertz CT molecular complexity index is 1580. The van der Waals surface area contributed by atoms with E-state index >= 15 is 0 Å². The summed E-state index contributed by atoms with van der Waals surface area (Å²) in [5.74, 6) is 3.85. The highest BCUT2D eigenvalue weighted by atomic mass is 19.1. The van der Waals surface area contributed by atoms with Gasteiger partial charge >= 0.3 is 0 Å². The third kappa shape index (κ3) is 6.15. The summed E-state index contributed by atoms with van der Waals surface area (Å²) >= 11 is 0. The zero-order chi connectivity index (χ0) is 31.2. The van der Waals surface area contributed by atoms with Crippen LogP contribution in [0.5, 0.6) is 0 Å². The fourth-order valence-electron chi connectivity index (χ4n) is 7.89. The van der Waals surface area contributed by atoms with Crippen LogP contribution in [0.1, 0.15) is 65.8 Å². The molecule has 2 N–H and O–H groups in total. The van der Waals surface area contributed by atoms with Gasteiger partial charge in [0.25, 0.3) is 5.56 Å². The summed E-state index contributed by atoms with van der Waals surface area (Å²) in [5.41, 5.74) is 3.00. The van der Waals surface area contributed by atoms with Crippen LogP contribution in [-0.4, -0.2) is 52.1 Å². The molecule has 1 aromatic heterocycles. The third-order valence-electron chi connectivity index (χ3n) is 10.7. The van der Waals surface area contributed by atoms with Crippen LogP contribution in [0.25, 0.3) is 10.9 Å². The molecular weight excluding hydrogens is 551 g/mol. The molecule has 0 amide bonds. The van der Waals surface area contributed by atoms with Crippen LogP contribution in [-0.2, 0) is 19.4 Å². The predicted octanol–water partition coefficient (Wildman–Crippen LogP) is 6.11. The third-order valence-corrected chi connectivity index (χ3v) is 10.7. The number of fused-ring (bicyclic) bond motifs is 3. The van der Waals surface area contributed by atoms with Gasteiger partial charge in [0, 0.05) is 44.3 Å². The van der Waals surface area contributed by atoms with Crippen molar-refractivity contribution in [2.45, 2.75) is 85.9 Å². The molecule has 0 radical (unpaired) electrons. The normalized spacial score (nSPS) is 26.6. The lowest BCUT2D eigenvalue weighted by Gasteiger charge is -2.61. The lowest BCUT2D eigenvalue weighted by atomic mass is 9.45. The lowest BCUT2D eigenvalue weighted by molar-refractivity contribution is -0.108. The first kappa shape index (κ1) is 30.8. The van der Waals surface area contributed by atoms with E-state index in [0.717, 1.165) is 60.9 Å². The van der Waals surface area contributed by atoms with E-state index in [1.165, 1.54) is 18.6 Å². The molecule has 1 saturated heterocycles. The summed E-state index contributed by atoms with van der Waals surface area (Å²) in [6, 6.07) is 13.1. The quantitative estimate of drug-likeness (QED) is 0.253. The standard InChI is InChI=1S/C36H49FN6O/c1-22(2)17-33-40-32-20-28(11-12-29(32)34(44)43(33)15-13-25-7-9-27(37)10-8-25)39-35(42-16-14-38-23(3)21-42)41-31-19-26-18-30(24(31)4)36(26,5)6/h7-12,20,22-24,26,30-31,38H,13-19,21H2,1-6H3,(H,39,41). The van der Waals surface area contributed by atoms with Gasteiger partial charge < -0.3 is 15.5 Å². The molecule has 5 atom stereocenters. The van der Waals surface area contributed by atoms with E-state index in [0.29, 0.717) is 59.6 Å². The minimum absolute atomic E-state index is 0.0259. The van der Waals surface area contributed by atoms with Crippen LogP contribution in [0.2, 0.25) is 0 Å². The number of nitrogens with one attached hydrogen (secondary N) is 2. The maximum atomic E-state index is 13.8. The molecule has 3 aromatic rings. The number of aromatic nitrogens is 2. The van der Waals surface area contributed by atoms with Gasteiger partial charge in [-0.15, -0.1) is 0 Å². The first-order valence-corrected chi connectivity index (χ1v) is 16.6. The smallest absolute Gasteiger partial charge is 0.261 e. The van der Waals surface area contributed by atoms with E-state index in [4.69, 9.17) is 9.98 Å². The maximum Gasteiger partial charge on any atom is 0.261 e. The van der Waals surface area contributed by atoms with E-state index in [1.54, 1.807) is 12.1 Å². The molecule has 44 heavy (non-hydrogen) atoms. The van der Waals surface area contributed by atoms with Gasteiger partial charge in [-0.3, -0.25) is 9.36 Å². The zero-order valence-corrected chi connectivity index (χ0v) is 27.2. The van der Waals surface area contributed by atoms with Gasteiger partial charge in [-0.2, -0.15) is 0 Å². The molecule has 8 heteroatoms. The molecule has 4 aliphatic rings. The lowest BCUT2D eigenvalue weighted by Crippen LogP contribution is -2.57. The van der Waals surface area contributed by atoms with Gasteiger partial charge in [0.2, 0.25) is 0 Å². The number of aliphatic imine (C=N–C) groups is 1. The summed E-state index contributed by atoms with van der Waals surface area (Å²) in [5, 5.41) is 7.87. The molecule has 4 fully saturated rings. The van der Waals surface area contributed by atoms with Crippen molar-refractivity contribution in [1.82, 2.24) is 19.8 Å². The highest BCUT2D eigenvalue weighted by Gasteiger charge is 2.56. The Balaban J connectivity index is 1.30. The fourth-order valence-corrected chi connectivity index (χ4v) is 7.89. The number of benzene rings is 2. The maximum absolute atomic E-state index is 13.8. The minimum Gasteiger partial charge on any atom is -0.340 e. The van der Waals surface area contributed by atoms with Crippen molar-refractivity contribution in [2.24, 2.45) is 34.1 Å². The number of halogens is 1. The number of piperazine rings is 1. The molecule has 5 unspecified atom stereocenters. The molecule has 2 heterocycles. The van der Waals surface area contributed by atoms with E-state index in [1.807, 2.05) is 22.8 Å². The summed E-state index contributed by atoms with van der Waals surface area (Å²) in [6.45, 7) is 17.0. The van der Waals surface area contributed by atoms with Crippen molar-refractivity contribution in [3.05, 3.63) is 70.0 Å². The van der Waals surface area contributed by atoms with Crippen LogP contribution in [0.3, 0.4) is 0 Å². The average molecular weight is 601 g/mol. The van der Waals surface area contributed by atoms with Crippen molar-refractivity contribution in [3.63, 3.8) is 0 Å². The Morgan fingerprint density at radius 3 is 2.61 bits per heavy atom. The Morgan fingerprint density at radius 2 is 1.93 bits per heavy atom. The molecule has 2 bridgehead atoms. The number of anilines is 1. The highest BCUT2D eigenvalue weighted by molar-refractivity contribution is 5.96. The summed E-state index contributed by atoms with van der Waals surface area (Å²) < 4.78 is 15.2. The van der Waals surface area contributed by atoms with Crippen molar-refractivity contribution in [3.8, 4) is 0 Å². The fraction of sp³-hybridized carbons (Fsp3) is 0.583. The molecule has 0 spiro atoms. The van der Waals surface area contributed by atoms with Gasteiger partial charge in [0.15, 0.2) is 5.96 Å². The molecule has 3 saturated carbocycles. The van der Waals surface area contributed by atoms with Gasteiger partial charge in [0.05, 0.1) is 16.9 Å². The van der Waals surface area contributed by atoms with Crippen molar-refractivity contribution in [1.29, 1.82) is 0 Å².